The smallest absolute Gasteiger partial charge is 0.191 e. The lowest BCUT2D eigenvalue weighted by molar-refractivity contribution is 0.570. The van der Waals surface area contributed by atoms with E-state index in [0.717, 1.165) is 42.6 Å². The molecule has 0 saturated carbocycles. The molecule has 0 aliphatic rings. The fourth-order valence-corrected chi connectivity index (χ4v) is 3.78. The zero-order valence-electron chi connectivity index (χ0n) is 15.5. The number of aromatic nitrogens is 2. The molecule has 5 nitrogen and oxygen atoms in total. The maximum Gasteiger partial charge on any atom is 0.191 e. The largest absolute Gasteiger partial charge is 0.356 e. The van der Waals surface area contributed by atoms with Gasteiger partial charge in [0.25, 0.3) is 0 Å². The molecule has 0 amide bonds. The second kappa shape index (κ2) is 10.4. The number of aryl methyl sites for hydroxylation is 1. The molecule has 2 aromatic rings. The molecule has 0 saturated heterocycles. The minimum atomic E-state index is 0. The molecule has 0 atom stereocenters. The first-order valence-corrected chi connectivity index (χ1v) is 9.95. The highest BCUT2D eigenvalue weighted by molar-refractivity contribution is 14.0. The van der Waals surface area contributed by atoms with E-state index in [9.17, 15) is 0 Å². The van der Waals surface area contributed by atoms with Crippen molar-refractivity contribution in [2.45, 2.75) is 46.0 Å². The number of nitrogens with zero attached hydrogens (tertiary/aromatic N) is 3. The lowest BCUT2D eigenvalue weighted by atomic mass is 9.93. The van der Waals surface area contributed by atoms with Crippen molar-refractivity contribution in [3.8, 4) is 0 Å². The van der Waals surface area contributed by atoms with Gasteiger partial charge in [-0.3, -0.25) is 4.99 Å². The molecule has 0 aliphatic heterocycles. The van der Waals surface area contributed by atoms with Crippen molar-refractivity contribution in [2.75, 3.05) is 20.1 Å². The van der Waals surface area contributed by atoms with Crippen LogP contribution in [0, 0.1) is 6.92 Å². The monoisotopic (exact) mass is 493 g/mol. The van der Waals surface area contributed by atoms with Crippen molar-refractivity contribution >= 4 is 52.6 Å². The summed E-state index contributed by atoms with van der Waals surface area (Å²) in [5.41, 5.74) is 2.43. The predicted molar refractivity (Wildman–Crippen MR) is 120 cm³/mol. The number of rotatable bonds is 6. The van der Waals surface area contributed by atoms with Crippen LogP contribution in [0.15, 0.2) is 15.8 Å². The molecule has 2 heterocycles. The third-order valence-electron chi connectivity index (χ3n) is 3.52. The third-order valence-corrected chi connectivity index (χ3v) is 5.25. The molecule has 0 aromatic carbocycles. The zero-order valence-corrected chi connectivity index (χ0v) is 19.5. The second-order valence-corrected chi connectivity index (χ2v) is 8.66. The summed E-state index contributed by atoms with van der Waals surface area (Å²) in [7, 11) is 1.80. The van der Waals surface area contributed by atoms with E-state index in [1.54, 1.807) is 29.7 Å². The molecular formula is C17H28IN5S2. The number of hydrogen-bond acceptors (Lipinski definition) is 5. The summed E-state index contributed by atoms with van der Waals surface area (Å²) in [6.07, 6.45) is 1.82. The molecule has 8 heteroatoms. The van der Waals surface area contributed by atoms with Gasteiger partial charge in [0.2, 0.25) is 0 Å². The zero-order chi connectivity index (χ0) is 17.6. The van der Waals surface area contributed by atoms with Crippen molar-refractivity contribution in [3.63, 3.8) is 0 Å². The standard InChI is InChI=1S/C17H27N5S2.HI/c1-12-21-13(10-23-12)6-8-19-16(18-5)20-9-7-15-22-14(11-24-15)17(2,3)4;/h10-11H,6-9H2,1-5H3,(H2,18,19,20);1H. The SMILES string of the molecule is CN=C(NCCc1csc(C)n1)NCCc1nc(C(C)(C)C)cs1.I. The van der Waals surface area contributed by atoms with Crippen LogP contribution in [0.25, 0.3) is 0 Å². The Balaban J connectivity index is 0.00000312. The normalized spacial score (nSPS) is 12.0. The van der Waals surface area contributed by atoms with Gasteiger partial charge >= 0.3 is 0 Å². The van der Waals surface area contributed by atoms with Gasteiger partial charge in [0.1, 0.15) is 0 Å². The van der Waals surface area contributed by atoms with Crippen LogP contribution in [0.3, 0.4) is 0 Å². The van der Waals surface area contributed by atoms with Crippen LogP contribution in [0.2, 0.25) is 0 Å². The van der Waals surface area contributed by atoms with Crippen molar-refractivity contribution in [1.29, 1.82) is 0 Å². The molecule has 0 radical (unpaired) electrons. The topological polar surface area (TPSA) is 62.2 Å². The molecule has 25 heavy (non-hydrogen) atoms. The van der Waals surface area contributed by atoms with Crippen LogP contribution in [-0.2, 0) is 18.3 Å². The van der Waals surface area contributed by atoms with Crippen molar-refractivity contribution in [2.24, 2.45) is 4.99 Å². The summed E-state index contributed by atoms with van der Waals surface area (Å²) in [4.78, 5) is 13.4. The van der Waals surface area contributed by atoms with E-state index in [4.69, 9.17) is 4.98 Å². The number of hydrogen-bond donors (Lipinski definition) is 2. The first-order valence-electron chi connectivity index (χ1n) is 8.19. The molecule has 2 rings (SSSR count). The fourth-order valence-electron chi connectivity index (χ4n) is 2.11. The average molecular weight is 493 g/mol. The maximum absolute atomic E-state index is 4.72. The molecule has 2 aromatic heterocycles. The molecule has 2 N–H and O–H groups in total. The van der Waals surface area contributed by atoms with E-state index in [-0.39, 0.29) is 29.4 Å². The van der Waals surface area contributed by atoms with Gasteiger partial charge in [0, 0.05) is 49.2 Å². The van der Waals surface area contributed by atoms with Crippen molar-refractivity contribution < 1.29 is 0 Å². The molecule has 0 bridgehead atoms. The van der Waals surface area contributed by atoms with Gasteiger partial charge in [-0.05, 0) is 6.92 Å². The first-order chi connectivity index (χ1) is 11.4. The molecule has 0 fully saturated rings. The van der Waals surface area contributed by atoms with Crippen LogP contribution in [-0.4, -0.2) is 36.1 Å². The first kappa shape index (κ1) is 22.3. The second-order valence-electron chi connectivity index (χ2n) is 6.66. The number of thiazole rings is 2. The lowest BCUT2D eigenvalue weighted by Gasteiger charge is -2.14. The van der Waals surface area contributed by atoms with Gasteiger partial charge in [0.15, 0.2) is 5.96 Å². The van der Waals surface area contributed by atoms with Gasteiger partial charge in [0.05, 0.1) is 21.4 Å². The van der Waals surface area contributed by atoms with Crippen LogP contribution in [0.5, 0.6) is 0 Å². The summed E-state index contributed by atoms with van der Waals surface area (Å²) in [6, 6.07) is 0. The van der Waals surface area contributed by atoms with Crippen LogP contribution < -0.4 is 10.6 Å². The molecule has 0 aliphatic carbocycles. The Morgan fingerprint density at radius 3 is 2.28 bits per heavy atom. The number of guanidine groups is 1. The van der Waals surface area contributed by atoms with Gasteiger partial charge in [-0.2, -0.15) is 0 Å². The van der Waals surface area contributed by atoms with Gasteiger partial charge in [-0.25, -0.2) is 9.97 Å². The summed E-state index contributed by atoms with van der Waals surface area (Å²) >= 11 is 3.43. The van der Waals surface area contributed by atoms with Gasteiger partial charge in [-0.1, -0.05) is 20.8 Å². The van der Waals surface area contributed by atoms with E-state index in [0.29, 0.717) is 0 Å². The average Bonchev–Trinajstić information content (AvgIpc) is 3.14. The minimum absolute atomic E-state index is 0. The number of nitrogens with one attached hydrogen (secondary N) is 2. The molecular weight excluding hydrogens is 465 g/mol. The maximum atomic E-state index is 4.72. The number of halogens is 1. The Labute approximate surface area is 175 Å². The van der Waals surface area contributed by atoms with E-state index >= 15 is 0 Å². The van der Waals surface area contributed by atoms with Gasteiger partial charge < -0.3 is 10.6 Å². The third kappa shape index (κ3) is 7.57. The van der Waals surface area contributed by atoms with E-state index in [1.807, 2.05) is 6.92 Å². The van der Waals surface area contributed by atoms with Crippen molar-refractivity contribution in [3.05, 3.63) is 32.2 Å². The molecule has 0 spiro atoms. The quantitative estimate of drug-likeness (QED) is 0.366. The Morgan fingerprint density at radius 1 is 1.08 bits per heavy atom. The highest BCUT2D eigenvalue weighted by Gasteiger charge is 2.17. The fraction of sp³-hybridized carbons (Fsp3) is 0.588. The Morgan fingerprint density at radius 2 is 1.76 bits per heavy atom. The Kier molecular flexibility index (Phi) is 9.29. The summed E-state index contributed by atoms with van der Waals surface area (Å²) in [6.45, 7) is 10.3. The van der Waals surface area contributed by atoms with Crippen LogP contribution >= 0.6 is 46.7 Å². The summed E-state index contributed by atoms with van der Waals surface area (Å²) < 4.78 is 0. The minimum Gasteiger partial charge on any atom is -0.356 e. The molecule has 0 unspecified atom stereocenters. The highest BCUT2D eigenvalue weighted by Crippen LogP contribution is 2.23. The lowest BCUT2D eigenvalue weighted by Crippen LogP contribution is -2.39. The van der Waals surface area contributed by atoms with E-state index in [2.05, 4.69) is 52.1 Å². The van der Waals surface area contributed by atoms with E-state index < -0.39 is 0 Å². The van der Waals surface area contributed by atoms with E-state index in [1.165, 1.54) is 10.7 Å². The predicted octanol–water partition coefficient (Wildman–Crippen LogP) is 3.77. The number of aliphatic imine (C=N–C) groups is 1. The van der Waals surface area contributed by atoms with Gasteiger partial charge in [-0.15, -0.1) is 46.7 Å². The van der Waals surface area contributed by atoms with Crippen molar-refractivity contribution in [1.82, 2.24) is 20.6 Å². The van der Waals surface area contributed by atoms with Crippen LogP contribution in [0.4, 0.5) is 0 Å². The Bertz CT molecular complexity index is 673. The summed E-state index contributed by atoms with van der Waals surface area (Å²) in [5, 5.41) is 13.2. The Hall–Kier alpha value is -0.740. The van der Waals surface area contributed by atoms with Crippen LogP contribution in [0.1, 0.15) is 42.2 Å². The summed E-state index contributed by atoms with van der Waals surface area (Å²) in [5.74, 6) is 0.828. The highest BCUT2D eigenvalue weighted by atomic mass is 127. The molecule has 140 valence electrons.